The van der Waals surface area contributed by atoms with E-state index in [0.717, 1.165) is 0 Å². The normalized spacial score (nSPS) is 7.40. The Hall–Kier alpha value is -0.830. The molecule has 10 heavy (non-hydrogen) atoms. The standard InChI is InChI=1S/C5H11NO2.C2H4/c1-6-4-3-5(7)8-2;1-2/h6H,3-4H2,1-2H3;1-2H2. The first-order chi connectivity index (χ1) is 4.81. The highest BCUT2D eigenvalue weighted by Gasteiger charge is 1.94. The van der Waals surface area contributed by atoms with Crippen LogP contribution in [0.1, 0.15) is 6.42 Å². The number of rotatable bonds is 3. The van der Waals surface area contributed by atoms with E-state index in [1.165, 1.54) is 7.11 Å². The fraction of sp³-hybridized carbons (Fsp3) is 0.571. The highest BCUT2D eigenvalue weighted by Crippen LogP contribution is 1.78. The van der Waals surface area contributed by atoms with Crippen molar-refractivity contribution in [2.24, 2.45) is 0 Å². The van der Waals surface area contributed by atoms with E-state index >= 15 is 0 Å². The minimum atomic E-state index is -0.167. The summed E-state index contributed by atoms with van der Waals surface area (Å²) < 4.78 is 4.37. The highest BCUT2D eigenvalue weighted by atomic mass is 16.5. The van der Waals surface area contributed by atoms with Crippen LogP contribution in [0.3, 0.4) is 0 Å². The molecule has 0 heterocycles. The summed E-state index contributed by atoms with van der Waals surface area (Å²) in [7, 11) is 3.18. The molecule has 3 heteroatoms. The maximum absolute atomic E-state index is 10.3. The van der Waals surface area contributed by atoms with E-state index in [4.69, 9.17) is 0 Å². The molecule has 0 fully saturated rings. The van der Waals surface area contributed by atoms with Crippen LogP contribution in [-0.2, 0) is 9.53 Å². The first-order valence-corrected chi connectivity index (χ1v) is 3.02. The Balaban J connectivity index is 0. The van der Waals surface area contributed by atoms with Crippen molar-refractivity contribution < 1.29 is 9.53 Å². The van der Waals surface area contributed by atoms with Gasteiger partial charge < -0.3 is 10.1 Å². The zero-order valence-electron chi connectivity index (χ0n) is 6.64. The summed E-state index contributed by atoms with van der Waals surface area (Å²) in [6.07, 6.45) is 0.451. The largest absolute Gasteiger partial charge is 0.469 e. The van der Waals surface area contributed by atoms with Gasteiger partial charge in [-0.05, 0) is 7.05 Å². The van der Waals surface area contributed by atoms with Gasteiger partial charge in [0.25, 0.3) is 0 Å². The molecule has 0 amide bonds. The van der Waals surface area contributed by atoms with Crippen molar-refractivity contribution in [1.82, 2.24) is 5.32 Å². The Morgan fingerprint density at radius 1 is 1.60 bits per heavy atom. The van der Waals surface area contributed by atoms with Crippen molar-refractivity contribution in [2.45, 2.75) is 6.42 Å². The predicted octanol–water partition coefficient (Wildman–Crippen LogP) is 0.571. The van der Waals surface area contributed by atoms with Crippen LogP contribution >= 0.6 is 0 Å². The van der Waals surface area contributed by atoms with Gasteiger partial charge in [-0.2, -0.15) is 0 Å². The molecular formula is C7H15NO2. The molecule has 3 nitrogen and oxygen atoms in total. The topological polar surface area (TPSA) is 38.3 Å². The van der Waals surface area contributed by atoms with Gasteiger partial charge in [0, 0.05) is 6.54 Å². The zero-order chi connectivity index (χ0) is 8.41. The van der Waals surface area contributed by atoms with E-state index in [2.05, 4.69) is 23.2 Å². The van der Waals surface area contributed by atoms with E-state index in [1.54, 1.807) is 7.05 Å². The number of esters is 1. The second-order valence-electron chi connectivity index (χ2n) is 1.43. The van der Waals surface area contributed by atoms with Crippen molar-refractivity contribution in [1.29, 1.82) is 0 Å². The molecule has 0 radical (unpaired) electrons. The zero-order valence-corrected chi connectivity index (χ0v) is 6.64. The number of nitrogens with one attached hydrogen (secondary N) is 1. The number of carbonyl (C=O) groups is 1. The van der Waals surface area contributed by atoms with Gasteiger partial charge in [0.2, 0.25) is 0 Å². The van der Waals surface area contributed by atoms with Crippen LogP contribution in [0.4, 0.5) is 0 Å². The highest BCUT2D eigenvalue weighted by molar-refractivity contribution is 5.69. The van der Waals surface area contributed by atoms with Crippen LogP contribution < -0.4 is 5.32 Å². The van der Waals surface area contributed by atoms with Gasteiger partial charge >= 0.3 is 5.97 Å². The minimum absolute atomic E-state index is 0.167. The molecule has 0 aliphatic heterocycles. The summed E-state index contributed by atoms with van der Waals surface area (Å²) in [5.41, 5.74) is 0. The first-order valence-electron chi connectivity index (χ1n) is 3.02. The predicted molar refractivity (Wildman–Crippen MR) is 41.8 cm³/mol. The van der Waals surface area contributed by atoms with Gasteiger partial charge in [-0.25, -0.2) is 0 Å². The molecule has 0 aliphatic rings. The summed E-state index contributed by atoms with van der Waals surface area (Å²) in [5, 5.41) is 2.83. The molecule has 0 atom stereocenters. The first kappa shape index (κ1) is 11.9. The molecule has 0 aromatic rings. The molecule has 0 aromatic carbocycles. The minimum Gasteiger partial charge on any atom is -0.469 e. The summed E-state index contributed by atoms with van der Waals surface area (Å²) in [6, 6.07) is 0. The van der Waals surface area contributed by atoms with Crippen LogP contribution in [0, 0.1) is 0 Å². The van der Waals surface area contributed by atoms with E-state index in [-0.39, 0.29) is 5.97 Å². The van der Waals surface area contributed by atoms with Crippen molar-refractivity contribution in [2.75, 3.05) is 20.7 Å². The Morgan fingerprint density at radius 3 is 2.40 bits per heavy atom. The van der Waals surface area contributed by atoms with Crippen LogP contribution in [0.25, 0.3) is 0 Å². The SMILES string of the molecule is C=C.CNCCC(=O)OC. The van der Waals surface area contributed by atoms with Crippen LogP contribution in [0.5, 0.6) is 0 Å². The fourth-order valence-corrected chi connectivity index (χ4v) is 0.329. The van der Waals surface area contributed by atoms with Gasteiger partial charge in [0.05, 0.1) is 13.5 Å². The maximum atomic E-state index is 10.3. The lowest BCUT2D eigenvalue weighted by Crippen LogP contribution is -2.13. The quantitative estimate of drug-likeness (QED) is 0.466. The number of hydrogen-bond donors (Lipinski definition) is 1. The number of methoxy groups -OCH3 is 1. The molecule has 0 bridgehead atoms. The van der Waals surface area contributed by atoms with Crippen molar-refractivity contribution in [3.05, 3.63) is 13.2 Å². The van der Waals surface area contributed by atoms with Crippen molar-refractivity contribution >= 4 is 5.97 Å². The Morgan fingerprint density at radius 2 is 2.10 bits per heavy atom. The molecule has 0 aromatic heterocycles. The van der Waals surface area contributed by atoms with E-state index in [1.807, 2.05) is 0 Å². The molecular weight excluding hydrogens is 130 g/mol. The van der Waals surface area contributed by atoms with Crippen LogP contribution in [-0.4, -0.2) is 26.7 Å². The average molecular weight is 145 g/mol. The lowest BCUT2D eigenvalue weighted by Gasteiger charge is -1.95. The molecule has 0 saturated heterocycles. The van der Waals surface area contributed by atoms with Crippen LogP contribution in [0.15, 0.2) is 13.2 Å². The third-order valence-corrected chi connectivity index (χ3v) is 0.807. The average Bonchev–Trinajstić information content (AvgIpc) is 2.04. The molecule has 60 valence electrons. The molecule has 0 saturated carbocycles. The van der Waals surface area contributed by atoms with Gasteiger partial charge in [-0.3, -0.25) is 4.79 Å². The van der Waals surface area contributed by atoms with E-state index in [0.29, 0.717) is 13.0 Å². The summed E-state index contributed by atoms with van der Waals surface area (Å²) in [5.74, 6) is -0.167. The molecule has 0 unspecified atom stereocenters. The van der Waals surface area contributed by atoms with Crippen molar-refractivity contribution in [3.63, 3.8) is 0 Å². The lowest BCUT2D eigenvalue weighted by atomic mass is 10.4. The summed E-state index contributed by atoms with van der Waals surface area (Å²) in [6.45, 7) is 6.69. The number of hydrogen-bond acceptors (Lipinski definition) is 3. The molecule has 1 N–H and O–H groups in total. The fourth-order valence-electron chi connectivity index (χ4n) is 0.329. The maximum Gasteiger partial charge on any atom is 0.306 e. The summed E-state index contributed by atoms with van der Waals surface area (Å²) in [4.78, 5) is 10.3. The van der Waals surface area contributed by atoms with Gasteiger partial charge in [-0.1, -0.05) is 0 Å². The van der Waals surface area contributed by atoms with Gasteiger partial charge in [0.1, 0.15) is 0 Å². The van der Waals surface area contributed by atoms with Gasteiger partial charge in [0.15, 0.2) is 0 Å². The third kappa shape index (κ3) is 10.2. The summed E-state index contributed by atoms with van der Waals surface area (Å²) >= 11 is 0. The molecule has 0 aliphatic carbocycles. The number of carbonyl (C=O) groups excluding carboxylic acids is 1. The van der Waals surface area contributed by atoms with Gasteiger partial charge in [-0.15, -0.1) is 13.2 Å². The number of ether oxygens (including phenoxy) is 1. The van der Waals surface area contributed by atoms with E-state index < -0.39 is 0 Å². The lowest BCUT2D eigenvalue weighted by molar-refractivity contribution is -0.140. The Kier molecular flexibility index (Phi) is 13.1. The smallest absolute Gasteiger partial charge is 0.306 e. The van der Waals surface area contributed by atoms with E-state index in [9.17, 15) is 4.79 Å². The Bertz CT molecular complexity index is 83.7. The second-order valence-corrected chi connectivity index (χ2v) is 1.43. The van der Waals surface area contributed by atoms with Crippen LogP contribution in [0.2, 0.25) is 0 Å². The Labute approximate surface area is 62.1 Å². The molecule has 0 rings (SSSR count). The monoisotopic (exact) mass is 145 g/mol. The van der Waals surface area contributed by atoms with Crippen molar-refractivity contribution in [3.8, 4) is 0 Å². The third-order valence-electron chi connectivity index (χ3n) is 0.807. The second kappa shape index (κ2) is 11.0. The molecule has 0 spiro atoms.